The molecule has 0 aromatic carbocycles. The predicted molar refractivity (Wildman–Crippen MR) is 81.7 cm³/mol. The lowest BCUT2D eigenvalue weighted by atomic mass is 10.3. The van der Waals surface area contributed by atoms with E-state index in [2.05, 4.69) is 36.5 Å². The standard InChI is InChI=1S/C12H10ClN7S/c13-10-9-11(18-12(14)17-10)20(5-15-9)6-19-2-1-8-7(4-19)3-16-21-8/h1,3-5H,2,6H2,(H2,14,17,18). The maximum atomic E-state index is 6.03. The molecule has 3 aromatic heterocycles. The van der Waals surface area contributed by atoms with Crippen molar-refractivity contribution in [3.05, 3.63) is 27.4 Å². The molecular weight excluding hydrogens is 310 g/mol. The molecule has 3 aromatic rings. The zero-order valence-corrected chi connectivity index (χ0v) is 12.3. The number of halogens is 1. The molecule has 9 heteroatoms. The Labute approximate surface area is 128 Å². The first-order valence-electron chi connectivity index (χ1n) is 6.21. The van der Waals surface area contributed by atoms with Crippen LogP contribution in [0.2, 0.25) is 5.15 Å². The normalized spacial score (nSPS) is 13.9. The van der Waals surface area contributed by atoms with Crippen molar-refractivity contribution in [3.63, 3.8) is 0 Å². The van der Waals surface area contributed by atoms with Crippen molar-refractivity contribution in [3.8, 4) is 0 Å². The highest BCUT2D eigenvalue weighted by molar-refractivity contribution is 7.03. The maximum Gasteiger partial charge on any atom is 0.223 e. The van der Waals surface area contributed by atoms with Crippen LogP contribution in [-0.4, -0.2) is 35.3 Å². The summed E-state index contributed by atoms with van der Waals surface area (Å²) < 4.78 is 7.29. The highest BCUT2D eigenvalue weighted by atomic mass is 35.5. The largest absolute Gasteiger partial charge is 0.368 e. The topological polar surface area (TPSA) is 85.8 Å². The number of imidazole rings is 1. The minimum absolute atomic E-state index is 0.146. The molecule has 1 aliphatic rings. The Balaban J connectivity index is 1.72. The highest BCUT2D eigenvalue weighted by Crippen LogP contribution is 2.19. The first kappa shape index (κ1) is 12.5. The third-order valence-electron chi connectivity index (χ3n) is 3.23. The van der Waals surface area contributed by atoms with E-state index >= 15 is 0 Å². The van der Waals surface area contributed by atoms with E-state index in [1.807, 2.05) is 10.8 Å². The van der Waals surface area contributed by atoms with E-state index in [1.165, 1.54) is 16.1 Å². The van der Waals surface area contributed by atoms with Crippen LogP contribution in [0, 0.1) is 0 Å². The summed E-state index contributed by atoms with van der Waals surface area (Å²) in [5.41, 5.74) is 6.85. The van der Waals surface area contributed by atoms with Crippen molar-refractivity contribution in [1.29, 1.82) is 0 Å². The summed E-state index contributed by atoms with van der Waals surface area (Å²) >= 11 is 7.53. The van der Waals surface area contributed by atoms with E-state index in [0.29, 0.717) is 17.8 Å². The molecule has 4 rings (SSSR count). The second kappa shape index (κ2) is 4.68. The quantitative estimate of drug-likeness (QED) is 0.670. The Kier molecular flexibility index (Phi) is 2.79. The molecule has 0 amide bonds. The Bertz CT molecular complexity index is 944. The lowest BCUT2D eigenvalue weighted by Gasteiger charge is -2.20. The number of hydrogen-bond donors (Lipinski definition) is 1. The molecule has 4 heterocycles. The molecule has 106 valence electrons. The fourth-order valence-electron chi connectivity index (χ4n) is 2.28. The van der Waals surface area contributed by atoms with Gasteiger partial charge in [0.15, 0.2) is 10.8 Å². The smallest absolute Gasteiger partial charge is 0.223 e. The van der Waals surface area contributed by atoms with Crippen molar-refractivity contribution in [2.45, 2.75) is 6.67 Å². The van der Waals surface area contributed by atoms with Crippen molar-refractivity contribution >= 4 is 52.5 Å². The van der Waals surface area contributed by atoms with Gasteiger partial charge in [-0.1, -0.05) is 11.6 Å². The zero-order chi connectivity index (χ0) is 14.4. The molecule has 0 atom stereocenters. The van der Waals surface area contributed by atoms with Gasteiger partial charge in [-0.15, -0.1) is 0 Å². The van der Waals surface area contributed by atoms with Gasteiger partial charge in [-0.05, 0) is 17.6 Å². The Hall–Kier alpha value is -2.19. The molecule has 21 heavy (non-hydrogen) atoms. The molecule has 1 aliphatic heterocycles. The molecule has 0 saturated carbocycles. The summed E-state index contributed by atoms with van der Waals surface area (Å²) in [4.78, 5) is 14.5. The van der Waals surface area contributed by atoms with Crippen LogP contribution in [0.3, 0.4) is 0 Å². The van der Waals surface area contributed by atoms with Gasteiger partial charge in [0.2, 0.25) is 5.95 Å². The predicted octanol–water partition coefficient (Wildman–Crippen LogP) is 0.0102. The van der Waals surface area contributed by atoms with E-state index in [0.717, 1.165) is 11.8 Å². The van der Waals surface area contributed by atoms with Crippen LogP contribution in [0.15, 0.2) is 12.5 Å². The van der Waals surface area contributed by atoms with E-state index < -0.39 is 0 Å². The van der Waals surface area contributed by atoms with Gasteiger partial charge in [-0.3, -0.25) is 4.57 Å². The van der Waals surface area contributed by atoms with E-state index in [4.69, 9.17) is 17.3 Å². The van der Waals surface area contributed by atoms with Gasteiger partial charge >= 0.3 is 0 Å². The number of aromatic nitrogens is 5. The van der Waals surface area contributed by atoms with Crippen LogP contribution in [0.4, 0.5) is 5.95 Å². The molecule has 0 saturated heterocycles. The van der Waals surface area contributed by atoms with Gasteiger partial charge in [0.05, 0.1) is 17.5 Å². The highest BCUT2D eigenvalue weighted by Gasteiger charge is 2.12. The summed E-state index contributed by atoms with van der Waals surface area (Å²) in [5, 5.41) is 1.40. The minimum Gasteiger partial charge on any atom is -0.368 e. The second-order valence-electron chi connectivity index (χ2n) is 4.65. The number of anilines is 1. The summed E-state index contributed by atoms with van der Waals surface area (Å²) in [6.07, 6.45) is 7.80. The average Bonchev–Trinajstić information content (AvgIpc) is 3.06. The monoisotopic (exact) mass is 319 g/mol. The van der Waals surface area contributed by atoms with Gasteiger partial charge in [-0.2, -0.15) is 14.3 Å². The van der Waals surface area contributed by atoms with Crippen LogP contribution >= 0.6 is 23.1 Å². The molecule has 0 fully saturated rings. The molecule has 0 radical (unpaired) electrons. The van der Waals surface area contributed by atoms with Gasteiger partial charge in [0, 0.05) is 24.2 Å². The first-order valence-corrected chi connectivity index (χ1v) is 7.36. The fraction of sp³-hybridized carbons (Fsp3) is 0.167. The van der Waals surface area contributed by atoms with Gasteiger partial charge in [0.25, 0.3) is 0 Å². The van der Waals surface area contributed by atoms with Gasteiger partial charge in [-0.25, -0.2) is 4.98 Å². The number of rotatable bonds is 2. The Morgan fingerprint density at radius 1 is 1.38 bits per heavy atom. The number of fused-ring (bicyclic) bond motifs is 2. The van der Waals surface area contributed by atoms with Gasteiger partial charge < -0.3 is 10.6 Å². The number of nitrogen functional groups attached to an aromatic ring is 1. The number of nitrogens with zero attached hydrogens (tertiary/aromatic N) is 6. The summed E-state index contributed by atoms with van der Waals surface area (Å²) in [6.45, 7) is 1.41. The number of hydrogen-bond acceptors (Lipinski definition) is 7. The molecule has 0 spiro atoms. The summed E-state index contributed by atoms with van der Waals surface area (Å²) in [5.74, 6) is 0.146. The number of nitrogens with two attached hydrogens (primary N) is 1. The lowest BCUT2D eigenvalue weighted by molar-refractivity contribution is 0.374. The van der Waals surface area contributed by atoms with Crippen molar-refractivity contribution in [2.24, 2.45) is 0 Å². The zero-order valence-electron chi connectivity index (χ0n) is 10.8. The molecule has 2 N–H and O–H groups in total. The van der Waals surface area contributed by atoms with Crippen LogP contribution in [-0.2, 0) is 6.67 Å². The minimum atomic E-state index is 0.146. The van der Waals surface area contributed by atoms with E-state index in [1.54, 1.807) is 6.33 Å². The van der Waals surface area contributed by atoms with Crippen LogP contribution < -0.4 is 15.5 Å². The van der Waals surface area contributed by atoms with Crippen LogP contribution in [0.1, 0.15) is 0 Å². The fourth-order valence-corrected chi connectivity index (χ4v) is 3.14. The molecule has 0 bridgehead atoms. The molecule has 0 unspecified atom stereocenters. The van der Waals surface area contributed by atoms with Crippen molar-refractivity contribution in [2.75, 3.05) is 12.3 Å². The third-order valence-corrected chi connectivity index (χ3v) is 4.31. The van der Waals surface area contributed by atoms with Crippen molar-refractivity contribution in [1.82, 2.24) is 28.8 Å². The van der Waals surface area contributed by atoms with Crippen molar-refractivity contribution < 1.29 is 0 Å². The third kappa shape index (κ3) is 2.12. The van der Waals surface area contributed by atoms with E-state index in [9.17, 15) is 0 Å². The van der Waals surface area contributed by atoms with Crippen LogP contribution in [0.25, 0.3) is 23.4 Å². The molecule has 0 aliphatic carbocycles. The average molecular weight is 320 g/mol. The van der Waals surface area contributed by atoms with Gasteiger partial charge in [0.1, 0.15) is 5.52 Å². The second-order valence-corrected chi connectivity index (χ2v) is 5.84. The SMILES string of the molecule is Nc1nc(Cl)c2ncn(CN3C=c4cnsc4=CC3)c2n1. The summed E-state index contributed by atoms with van der Waals surface area (Å²) in [7, 11) is 0. The first-order chi connectivity index (χ1) is 10.2. The lowest BCUT2D eigenvalue weighted by Crippen LogP contribution is -2.33. The molecular formula is C12H10ClN7S. The molecule has 7 nitrogen and oxygen atoms in total. The summed E-state index contributed by atoms with van der Waals surface area (Å²) in [6, 6.07) is 0. The Morgan fingerprint density at radius 3 is 3.19 bits per heavy atom. The maximum absolute atomic E-state index is 6.03. The van der Waals surface area contributed by atoms with Crippen LogP contribution in [0.5, 0.6) is 0 Å². The van der Waals surface area contributed by atoms with E-state index in [-0.39, 0.29) is 11.1 Å². The Morgan fingerprint density at radius 2 is 2.29 bits per heavy atom.